The second-order valence-electron chi connectivity index (χ2n) is 6.10. The Morgan fingerprint density at radius 3 is 2.91 bits per heavy atom. The fourth-order valence-electron chi connectivity index (χ4n) is 2.86. The first-order valence-electron chi connectivity index (χ1n) is 7.54. The smallest absolute Gasteiger partial charge is 0.231 e. The lowest BCUT2D eigenvalue weighted by Gasteiger charge is -2.39. The monoisotopic (exact) mass is 299 g/mol. The number of hydrogen-bond donors (Lipinski definition) is 2. The van der Waals surface area contributed by atoms with Crippen LogP contribution in [0.25, 0.3) is 10.9 Å². The summed E-state index contributed by atoms with van der Waals surface area (Å²) in [6, 6.07) is 6.06. The van der Waals surface area contributed by atoms with Crippen LogP contribution in [0.15, 0.2) is 24.4 Å². The molecule has 1 amide bonds. The van der Waals surface area contributed by atoms with Crippen LogP contribution in [0.4, 0.5) is 0 Å². The van der Waals surface area contributed by atoms with Crippen LogP contribution in [-0.4, -0.2) is 33.6 Å². The Kier molecular flexibility index (Phi) is 3.39. The zero-order valence-electron chi connectivity index (χ0n) is 13.2. The Labute approximate surface area is 129 Å². The molecule has 1 aromatic heterocycles. The number of amides is 1. The number of aryl methyl sites for hydroxylation is 1. The van der Waals surface area contributed by atoms with Crippen molar-refractivity contribution in [2.45, 2.75) is 38.8 Å². The number of benzene rings is 1. The van der Waals surface area contributed by atoms with Crippen LogP contribution in [0.5, 0.6) is 0 Å². The third-order valence-corrected chi connectivity index (χ3v) is 4.25. The third-order valence-electron chi connectivity index (χ3n) is 4.25. The zero-order chi connectivity index (χ0) is 15.9. The number of nitrogens with one attached hydrogen (secondary N) is 2. The van der Waals surface area contributed by atoms with Crippen molar-refractivity contribution in [2.24, 2.45) is 0 Å². The molecule has 22 heavy (non-hydrogen) atoms. The van der Waals surface area contributed by atoms with Crippen molar-refractivity contribution in [3.63, 3.8) is 0 Å². The van der Waals surface area contributed by atoms with Crippen LogP contribution in [0, 0.1) is 5.41 Å². The first-order chi connectivity index (χ1) is 10.4. The van der Waals surface area contributed by atoms with Crippen LogP contribution >= 0.6 is 0 Å². The van der Waals surface area contributed by atoms with E-state index in [1.165, 1.54) is 4.90 Å². The molecule has 116 valence electrons. The summed E-state index contributed by atoms with van der Waals surface area (Å²) >= 11 is 0. The average Bonchev–Trinajstić information content (AvgIpc) is 2.86. The largest absolute Gasteiger partial charge is 0.346 e. The SMILES string of the molecule is CCCn1cc2ccc([C@]3(C)CC(=O)N(C)C(=N)N3)cc2n1. The lowest BCUT2D eigenvalue weighted by molar-refractivity contribution is -0.129. The van der Waals surface area contributed by atoms with E-state index in [2.05, 4.69) is 17.3 Å². The molecule has 2 aromatic rings. The van der Waals surface area contributed by atoms with E-state index in [-0.39, 0.29) is 11.9 Å². The van der Waals surface area contributed by atoms with Gasteiger partial charge in [0, 0.05) is 25.2 Å². The quantitative estimate of drug-likeness (QED) is 0.911. The molecule has 6 nitrogen and oxygen atoms in total. The molecule has 1 saturated heterocycles. The van der Waals surface area contributed by atoms with Gasteiger partial charge in [-0.3, -0.25) is 19.8 Å². The number of nitrogens with zero attached hydrogens (tertiary/aromatic N) is 3. The Morgan fingerprint density at radius 2 is 2.23 bits per heavy atom. The van der Waals surface area contributed by atoms with Crippen molar-refractivity contribution in [1.29, 1.82) is 5.41 Å². The highest BCUT2D eigenvalue weighted by Crippen LogP contribution is 2.30. The molecule has 3 rings (SSSR count). The molecular formula is C16H21N5O. The van der Waals surface area contributed by atoms with Crippen molar-refractivity contribution in [2.75, 3.05) is 7.05 Å². The van der Waals surface area contributed by atoms with Crippen LogP contribution in [0.1, 0.15) is 32.3 Å². The molecule has 0 saturated carbocycles. The molecule has 6 heteroatoms. The van der Waals surface area contributed by atoms with Gasteiger partial charge in [-0.25, -0.2) is 0 Å². The maximum Gasteiger partial charge on any atom is 0.231 e. The van der Waals surface area contributed by atoms with E-state index in [1.807, 2.05) is 36.0 Å². The van der Waals surface area contributed by atoms with Crippen molar-refractivity contribution in [1.82, 2.24) is 20.0 Å². The van der Waals surface area contributed by atoms with Crippen molar-refractivity contribution in [3.05, 3.63) is 30.0 Å². The lowest BCUT2D eigenvalue weighted by Crippen LogP contribution is -2.58. The summed E-state index contributed by atoms with van der Waals surface area (Å²) in [4.78, 5) is 13.4. The summed E-state index contributed by atoms with van der Waals surface area (Å²) < 4.78 is 1.95. The summed E-state index contributed by atoms with van der Waals surface area (Å²) in [5, 5.41) is 16.7. The van der Waals surface area contributed by atoms with Crippen LogP contribution in [0.2, 0.25) is 0 Å². The normalized spacial score (nSPS) is 22.2. The minimum Gasteiger partial charge on any atom is -0.346 e. The summed E-state index contributed by atoms with van der Waals surface area (Å²) in [5.74, 6) is 0.0817. The summed E-state index contributed by atoms with van der Waals surface area (Å²) in [7, 11) is 1.62. The lowest BCUT2D eigenvalue weighted by atomic mass is 9.86. The second-order valence-corrected chi connectivity index (χ2v) is 6.10. The Balaban J connectivity index is 1.98. The third kappa shape index (κ3) is 2.34. The van der Waals surface area contributed by atoms with Gasteiger partial charge in [0.1, 0.15) is 0 Å². The van der Waals surface area contributed by atoms with E-state index < -0.39 is 5.54 Å². The van der Waals surface area contributed by atoms with E-state index in [0.717, 1.165) is 29.4 Å². The molecule has 0 bridgehead atoms. The molecule has 1 aliphatic rings. The fourth-order valence-corrected chi connectivity index (χ4v) is 2.86. The number of carbonyl (C=O) groups is 1. The first-order valence-corrected chi connectivity index (χ1v) is 7.54. The van der Waals surface area contributed by atoms with Gasteiger partial charge in [-0.15, -0.1) is 0 Å². The summed E-state index contributed by atoms with van der Waals surface area (Å²) in [5.41, 5.74) is 1.34. The number of guanidine groups is 1. The fraction of sp³-hybridized carbons (Fsp3) is 0.438. The highest BCUT2D eigenvalue weighted by Gasteiger charge is 2.37. The molecule has 0 unspecified atom stereocenters. The van der Waals surface area contributed by atoms with Crippen molar-refractivity contribution < 1.29 is 4.79 Å². The average molecular weight is 299 g/mol. The molecule has 1 fully saturated rings. The second kappa shape index (κ2) is 5.12. The molecule has 2 heterocycles. The van der Waals surface area contributed by atoms with E-state index >= 15 is 0 Å². The summed E-state index contributed by atoms with van der Waals surface area (Å²) in [6.45, 7) is 4.97. The van der Waals surface area contributed by atoms with Gasteiger partial charge in [0.15, 0.2) is 5.96 Å². The highest BCUT2D eigenvalue weighted by atomic mass is 16.2. The van der Waals surface area contributed by atoms with Gasteiger partial charge in [0.2, 0.25) is 5.91 Å². The van der Waals surface area contributed by atoms with E-state index in [9.17, 15) is 4.79 Å². The number of rotatable bonds is 3. The van der Waals surface area contributed by atoms with Gasteiger partial charge in [-0.05, 0) is 25.0 Å². The van der Waals surface area contributed by atoms with Crippen molar-refractivity contribution >= 4 is 22.8 Å². The Morgan fingerprint density at radius 1 is 1.45 bits per heavy atom. The topological polar surface area (TPSA) is 74.0 Å². The number of fused-ring (bicyclic) bond motifs is 1. The summed E-state index contributed by atoms with van der Waals surface area (Å²) in [6.07, 6.45) is 3.41. The number of carbonyl (C=O) groups excluding carboxylic acids is 1. The molecule has 1 aromatic carbocycles. The van der Waals surface area contributed by atoms with Gasteiger partial charge >= 0.3 is 0 Å². The van der Waals surface area contributed by atoms with Crippen LogP contribution in [0.3, 0.4) is 0 Å². The van der Waals surface area contributed by atoms with E-state index in [0.29, 0.717) is 6.42 Å². The molecule has 1 aliphatic heterocycles. The molecule has 2 N–H and O–H groups in total. The van der Waals surface area contributed by atoms with Gasteiger partial charge in [0.25, 0.3) is 0 Å². The van der Waals surface area contributed by atoms with E-state index in [4.69, 9.17) is 5.41 Å². The highest BCUT2D eigenvalue weighted by molar-refractivity contribution is 5.99. The maximum atomic E-state index is 12.1. The minimum atomic E-state index is -0.566. The standard InChI is InChI=1S/C16H21N5O/c1-4-7-21-10-11-5-6-12(8-13(11)19-21)16(2)9-14(22)20(3)15(17)18-16/h5-6,8,10H,4,7,9H2,1-3H3,(H2,17,18)/t16-/m0/s1. The molecule has 0 spiro atoms. The molecule has 0 aliphatic carbocycles. The van der Waals surface area contributed by atoms with Crippen LogP contribution < -0.4 is 5.32 Å². The van der Waals surface area contributed by atoms with Crippen LogP contribution in [-0.2, 0) is 16.9 Å². The van der Waals surface area contributed by atoms with Gasteiger partial charge in [-0.1, -0.05) is 19.1 Å². The molecule has 1 atom stereocenters. The first kappa shape index (κ1) is 14.6. The number of aromatic nitrogens is 2. The zero-order valence-corrected chi connectivity index (χ0v) is 13.2. The predicted octanol–water partition coefficient (Wildman–Crippen LogP) is 2.05. The van der Waals surface area contributed by atoms with E-state index in [1.54, 1.807) is 7.05 Å². The molecule has 0 radical (unpaired) electrons. The predicted molar refractivity (Wildman–Crippen MR) is 85.6 cm³/mol. The Hall–Kier alpha value is -2.37. The number of hydrogen-bond acceptors (Lipinski definition) is 3. The van der Waals surface area contributed by atoms with Crippen molar-refractivity contribution in [3.8, 4) is 0 Å². The van der Waals surface area contributed by atoms with Gasteiger partial charge in [0.05, 0.1) is 17.5 Å². The molecular weight excluding hydrogens is 278 g/mol. The van der Waals surface area contributed by atoms with Gasteiger partial charge < -0.3 is 5.32 Å². The van der Waals surface area contributed by atoms with Gasteiger partial charge in [-0.2, -0.15) is 5.10 Å². The Bertz CT molecular complexity index is 730. The maximum absolute atomic E-state index is 12.1. The minimum absolute atomic E-state index is 0.0529.